The van der Waals surface area contributed by atoms with Crippen LogP contribution < -0.4 is 9.05 Å². The Morgan fingerprint density at radius 3 is 1.32 bits per heavy atom. The third-order valence-corrected chi connectivity index (χ3v) is 9.12. The minimum Gasteiger partial charge on any atom is -0.395 e. The zero-order valence-corrected chi connectivity index (χ0v) is 24.7. The first-order valence-electron chi connectivity index (χ1n) is 14.3. The van der Waals surface area contributed by atoms with E-state index in [-0.39, 0.29) is 10.8 Å². The first-order chi connectivity index (χ1) is 17.3. The van der Waals surface area contributed by atoms with Crippen molar-refractivity contribution in [2.45, 2.75) is 128 Å². The summed E-state index contributed by atoms with van der Waals surface area (Å²) in [4.78, 5) is 11.0. The number of hydrogen-bond donors (Lipinski definition) is 1. The Balaban J connectivity index is 1.65. The quantitative estimate of drug-likeness (QED) is 0.381. The summed E-state index contributed by atoms with van der Waals surface area (Å²) in [5.41, 5.74) is 4.50. The lowest BCUT2D eigenvalue weighted by atomic mass is 9.80. The van der Waals surface area contributed by atoms with Crippen LogP contribution in [0.5, 0.6) is 11.5 Å². The van der Waals surface area contributed by atoms with Gasteiger partial charge in [0.2, 0.25) is 0 Å². The zero-order chi connectivity index (χ0) is 26.8. The van der Waals surface area contributed by atoms with Gasteiger partial charge in [0.25, 0.3) is 0 Å². The van der Waals surface area contributed by atoms with Crippen LogP contribution in [0.15, 0.2) is 36.4 Å². The van der Waals surface area contributed by atoms with E-state index in [0.717, 1.165) is 36.8 Å². The zero-order valence-electron chi connectivity index (χ0n) is 23.8. The van der Waals surface area contributed by atoms with E-state index in [0.29, 0.717) is 23.3 Å². The Hall–Kier alpha value is -1.77. The second-order valence-electron chi connectivity index (χ2n) is 13.3. The summed E-state index contributed by atoms with van der Waals surface area (Å²) in [5.74, 6) is 1.65. The first-order valence-corrected chi connectivity index (χ1v) is 15.8. The maximum absolute atomic E-state index is 13.5. The fourth-order valence-corrected chi connectivity index (χ4v) is 6.80. The van der Waals surface area contributed by atoms with Crippen molar-refractivity contribution in [3.8, 4) is 11.5 Å². The number of hydrogen-bond acceptors (Lipinski definition) is 3. The highest BCUT2D eigenvalue weighted by molar-refractivity contribution is 7.48. The molecule has 0 radical (unpaired) electrons. The van der Waals surface area contributed by atoms with Gasteiger partial charge in [-0.25, -0.2) is 4.57 Å². The molecule has 4 nitrogen and oxygen atoms in total. The van der Waals surface area contributed by atoms with Crippen LogP contribution in [0.25, 0.3) is 0 Å². The standard InChI is InChI=1S/C32H47O4P/c1-31(2,3)25-17-19-29(27(21-25)23-13-9-7-10-14-23)35-37(33,34)36-30-20-18-26(32(4,5)6)22-28(30)24-15-11-8-12-16-24/h17-24H,7-16H2,1-6H3,(H,33,34). The van der Waals surface area contributed by atoms with Crippen LogP contribution >= 0.6 is 7.82 Å². The molecule has 0 amide bonds. The van der Waals surface area contributed by atoms with Crippen molar-refractivity contribution in [3.05, 3.63) is 58.7 Å². The Labute approximate surface area is 224 Å². The van der Waals surface area contributed by atoms with Crippen LogP contribution in [0.3, 0.4) is 0 Å². The van der Waals surface area contributed by atoms with Crippen molar-refractivity contribution in [2.75, 3.05) is 0 Å². The molecule has 0 aromatic heterocycles. The van der Waals surface area contributed by atoms with Crippen LogP contribution in [0.2, 0.25) is 0 Å². The largest absolute Gasteiger partial charge is 0.584 e. The predicted molar refractivity (Wildman–Crippen MR) is 153 cm³/mol. The number of phosphoric ester groups is 1. The number of phosphoric acid groups is 1. The van der Waals surface area contributed by atoms with E-state index in [4.69, 9.17) is 9.05 Å². The molecule has 2 saturated carbocycles. The average Bonchev–Trinajstić information content (AvgIpc) is 2.84. The molecule has 5 heteroatoms. The minimum atomic E-state index is -4.40. The topological polar surface area (TPSA) is 55.8 Å². The third-order valence-electron chi connectivity index (χ3n) is 8.27. The second-order valence-corrected chi connectivity index (χ2v) is 14.6. The molecule has 2 aliphatic rings. The van der Waals surface area contributed by atoms with E-state index >= 15 is 0 Å². The average molecular weight is 527 g/mol. The molecule has 2 aromatic carbocycles. The maximum atomic E-state index is 13.5. The summed E-state index contributed by atoms with van der Waals surface area (Å²) < 4.78 is 25.3. The van der Waals surface area contributed by atoms with Crippen molar-refractivity contribution >= 4 is 7.82 Å². The van der Waals surface area contributed by atoms with E-state index in [1.54, 1.807) is 0 Å². The summed E-state index contributed by atoms with van der Waals surface area (Å²) in [6.45, 7) is 13.2. The molecule has 2 aromatic rings. The molecule has 0 saturated heterocycles. The van der Waals surface area contributed by atoms with E-state index in [9.17, 15) is 9.46 Å². The van der Waals surface area contributed by atoms with Gasteiger partial charge >= 0.3 is 7.82 Å². The predicted octanol–water partition coefficient (Wildman–Crippen LogP) is 9.94. The second kappa shape index (κ2) is 11.1. The molecule has 37 heavy (non-hydrogen) atoms. The Kier molecular flexibility index (Phi) is 8.51. The fraction of sp³-hybridized carbons (Fsp3) is 0.625. The monoisotopic (exact) mass is 526 g/mol. The highest BCUT2D eigenvalue weighted by Crippen LogP contribution is 2.51. The lowest BCUT2D eigenvalue weighted by Crippen LogP contribution is -2.15. The summed E-state index contributed by atoms with van der Waals surface area (Å²) in [5, 5.41) is 0. The highest BCUT2D eigenvalue weighted by atomic mass is 31.2. The summed E-state index contributed by atoms with van der Waals surface area (Å²) in [7, 11) is -4.40. The molecule has 2 aliphatic carbocycles. The van der Waals surface area contributed by atoms with Crippen LogP contribution in [0.4, 0.5) is 0 Å². The summed E-state index contributed by atoms with van der Waals surface area (Å²) in [6, 6.07) is 12.2. The molecule has 0 heterocycles. The van der Waals surface area contributed by atoms with Gasteiger partial charge in [-0.05, 0) is 82.7 Å². The van der Waals surface area contributed by atoms with Gasteiger partial charge in [0.15, 0.2) is 0 Å². The molecule has 1 N–H and O–H groups in total. The maximum Gasteiger partial charge on any atom is 0.584 e. The van der Waals surface area contributed by atoms with Gasteiger partial charge in [-0.2, -0.15) is 0 Å². The Morgan fingerprint density at radius 2 is 1.00 bits per heavy atom. The summed E-state index contributed by atoms with van der Waals surface area (Å²) in [6.07, 6.45) is 11.6. The van der Waals surface area contributed by atoms with Crippen LogP contribution in [0, 0.1) is 0 Å². The lowest BCUT2D eigenvalue weighted by Gasteiger charge is -2.29. The molecule has 0 aliphatic heterocycles. The van der Waals surface area contributed by atoms with Crippen LogP contribution in [0.1, 0.15) is 140 Å². The first kappa shape index (κ1) is 28.2. The van der Waals surface area contributed by atoms with E-state index < -0.39 is 7.82 Å². The van der Waals surface area contributed by atoms with Crippen LogP contribution in [-0.2, 0) is 15.4 Å². The van der Waals surface area contributed by atoms with E-state index in [1.165, 1.54) is 49.7 Å². The molecule has 0 spiro atoms. The van der Waals surface area contributed by atoms with Gasteiger partial charge in [-0.3, -0.25) is 4.89 Å². The fourth-order valence-electron chi connectivity index (χ4n) is 5.93. The Bertz CT molecular complexity index is 1030. The number of benzene rings is 2. The van der Waals surface area contributed by atoms with E-state index in [2.05, 4.69) is 53.7 Å². The van der Waals surface area contributed by atoms with E-state index in [1.807, 2.05) is 24.3 Å². The van der Waals surface area contributed by atoms with Crippen molar-refractivity contribution < 1.29 is 18.5 Å². The van der Waals surface area contributed by atoms with Crippen molar-refractivity contribution in [3.63, 3.8) is 0 Å². The molecule has 0 unspecified atom stereocenters. The van der Waals surface area contributed by atoms with Gasteiger partial charge in [-0.15, -0.1) is 0 Å². The Morgan fingerprint density at radius 1 is 0.649 bits per heavy atom. The molecular weight excluding hydrogens is 479 g/mol. The number of rotatable bonds is 6. The van der Waals surface area contributed by atoms with Crippen molar-refractivity contribution in [1.29, 1.82) is 0 Å². The molecular formula is C32H47O4P. The smallest absolute Gasteiger partial charge is 0.395 e. The van der Waals surface area contributed by atoms with Crippen molar-refractivity contribution in [1.82, 2.24) is 0 Å². The minimum absolute atomic E-state index is 0.00887. The van der Waals surface area contributed by atoms with Gasteiger partial charge in [0, 0.05) is 0 Å². The van der Waals surface area contributed by atoms with Crippen LogP contribution in [-0.4, -0.2) is 4.89 Å². The molecule has 0 bridgehead atoms. The van der Waals surface area contributed by atoms with Gasteiger partial charge in [-0.1, -0.05) is 104 Å². The molecule has 204 valence electrons. The highest BCUT2D eigenvalue weighted by Gasteiger charge is 2.32. The van der Waals surface area contributed by atoms with Gasteiger partial charge < -0.3 is 9.05 Å². The SMILES string of the molecule is CC(C)(C)c1ccc(OP(=O)(O)Oc2ccc(C(C)(C)C)cc2C2CCCCC2)c(C2CCCCC2)c1. The van der Waals surface area contributed by atoms with Gasteiger partial charge in [0.1, 0.15) is 11.5 Å². The van der Waals surface area contributed by atoms with Crippen molar-refractivity contribution in [2.24, 2.45) is 0 Å². The summed E-state index contributed by atoms with van der Waals surface area (Å²) >= 11 is 0. The lowest BCUT2D eigenvalue weighted by molar-refractivity contribution is 0.285. The third kappa shape index (κ3) is 7.21. The molecule has 0 atom stereocenters. The molecule has 2 fully saturated rings. The van der Waals surface area contributed by atoms with Gasteiger partial charge in [0.05, 0.1) is 0 Å². The molecule has 4 rings (SSSR count). The normalized spacial score (nSPS) is 18.6.